The molecule has 0 atom stereocenters. The fraction of sp³-hybridized carbons (Fsp3) is 0.308. The molecule has 0 saturated carbocycles. The Bertz CT molecular complexity index is 591. The molecule has 100 valence electrons. The summed E-state index contributed by atoms with van der Waals surface area (Å²) in [4.78, 5) is 21.6. The van der Waals surface area contributed by atoms with Gasteiger partial charge in [-0.25, -0.2) is 0 Å². The summed E-state index contributed by atoms with van der Waals surface area (Å²) in [5.41, 5.74) is 0.189. The number of ether oxygens (including phenoxy) is 1. The summed E-state index contributed by atoms with van der Waals surface area (Å²) < 4.78 is 5.67. The molecule has 6 nitrogen and oxygen atoms in total. The highest BCUT2D eigenvalue weighted by Crippen LogP contribution is 2.38. The van der Waals surface area contributed by atoms with Crippen LogP contribution in [-0.2, 0) is 4.79 Å². The second-order valence-electron chi connectivity index (χ2n) is 4.88. The van der Waals surface area contributed by atoms with Gasteiger partial charge in [-0.1, -0.05) is 6.08 Å². The van der Waals surface area contributed by atoms with Gasteiger partial charge in [0.25, 0.3) is 5.69 Å². The van der Waals surface area contributed by atoms with Crippen LogP contribution in [0.25, 0.3) is 6.08 Å². The average Bonchev–Trinajstić information content (AvgIpc) is 2.26. The van der Waals surface area contributed by atoms with Gasteiger partial charge in [-0.2, -0.15) is 0 Å². The number of benzene rings is 1. The van der Waals surface area contributed by atoms with Crippen LogP contribution in [0.15, 0.2) is 18.2 Å². The minimum Gasteiger partial charge on any atom is -0.483 e. The zero-order valence-corrected chi connectivity index (χ0v) is 10.9. The highest BCUT2D eigenvalue weighted by Gasteiger charge is 2.26. The molecule has 1 aliphatic heterocycles. The lowest BCUT2D eigenvalue weighted by Gasteiger charge is -2.27. The van der Waals surface area contributed by atoms with Gasteiger partial charge >= 0.3 is 0 Å². The first kappa shape index (κ1) is 13.1. The first-order valence-corrected chi connectivity index (χ1v) is 5.77. The van der Waals surface area contributed by atoms with Crippen LogP contribution in [0.4, 0.5) is 11.4 Å². The summed E-state index contributed by atoms with van der Waals surface area (Å²) in [6.45, 7) is 5.03. The summed E-state index contributed by atoms with van der Waals surface area (Å²) in [6, 6.07) is 2.88. The van der Waals surface area contributed by atoms with Crippen LogP contribution < -0.4 is 10.1 Å². The van der Waals surface area contributed by atoms with Crippen LogP contribution in [0.3, 0.4) is 0 Å². The number of nitrogens with one attached hydrogen (secondary N) is 1. The van der Waals surface area contributed by atoms with E-state index in [0.29, 0.717) is 11.3 Å². The quantitative estimate of drug-likeness (QED) is 0.656. The fourth-order valence-corrected chi connectivity index (χ4v) is 1.85. The molecule has 0 aromatic heterocycles. The molecule has 1 aliphatic rings. The molecule has 6 heteroatoms. The molecular formula is C13H14N2O4. The molecule has 0 bridgehead atoms. The van der Waals surface area contributed by atoms with Crippen molar-refractivity contribution < 1.29 is 14.5 Å². The number of fused-ring (bicyclic) bond motifs is 1. The molecule has 1 amide bonds. The maximum atomic E-state index is 11.1. The standard InChI is InChI=1S/C13H14N2O4/c1-8(16)14-10-6-9-4-5-13(2,3)19-12(9)7-11(10)15(17)18/h4-7H,1-3H3,(H,14,16). The third kappa shape index (κ3) is 2.73. The van der Waals surface area contributed by atoms with Crippen LogP contribution in [0.2, 0.25) is 0 Å². The van der Waals surface area contributed by atoms with Crippen LogP contribution in [0.5, 0.6) is 5.75 Å². The van der Waals surface area contributed by atoms with Gasteiger partial charge in [0.2, 0.25) is 5.91 Å². The minimum atomic E-state index is -0.541. The number of carbonyl (C=O) groups excluding carboxylic acids is 1. The Morgan fingerprint density at radius 3 is 2.68 bits per heavy atom. The predicted octanol–water partition coefficient (Wildman–Crippen LogP) is 2.74. The Morgan fingerprint density at radius 1 is 1.42 bits per heavy atom. The van der Waals surface area contributed by atoms with E-state index in [1.54, 1.807) is 6.07 Å². The van der Waals surface area contributed by atoms with E-state index in [-0.39, 0.29) is 17.3 Å². The third-order valence-electron chi connectivity index (χ3n) is 2.67. The molecule has 1 aromatic carbocycles. The number of anilines is 1. The average molecular weight is 262 g/mol. The number of nitro groups is 1. The van der Waals surface area contributed by atoms with Crippen molar-refractivity contribution in [2.45, 2.75) is 26.4 Å². The normalized spacial score (nSPS) is 15.3. The van der Waals surface area contributed by atoms with Crippen LogP contribution in [0.1, 0.15) is 26.3 Å². The maximum absolute atomic E-state index is 11.1. The summed E-state index contributed by atoms with van der Waals surface area (Å²) in [5.74, 6) is 0.0809. The summed E-state index contributed by atoms with van der Waals surface area (Å²) in [7, 11) is 0. The van der Waals surface area contributed by atoms with Gasteiger partial charge in [0, 0.05) is 12.5 Å². The van der Waals surface area contributed by atoms with Crippen molar-refractivity contribution in [1.29, 1.82) is 0 Å². The minimum absolute atomic E-state index is 0.171. The van der Waals surface area contributed by atoms with Crippen molar-refractivity contribution >= 4 is 23.4 Å². The van der Waals surface area contributed by atoms with E-state index in [0.717, 1.165) is 0 Å². The molecule has 0 aliphatic carbocycles. The topological polar surface area (TPSA) is 81.5 Å². The van der Waals surface area contributed by atoms with E-state index in [1.165, 1.54) is 13.0 Å². The van der Waals surface area contributed by atoms with Crippen LogP contribution >= 0.6 is 0 Å². The first-order valence-electron chi connectivity index (χ1n) is 5.77. The number of amides is 1. The Kier molecular flexibility index (Phi) is 3.01. The third-order valence-corrected chi connectivity index (χ3v) is 2.67. The van der Waals surface area contributed by atoms with Gasteiger partial charge < -0.3 is 10.1 Å². The summed E-state index contributed by atoms with van der Waals surface area (Å²) in [6.07, 6.45) is 3.69. The van der Waals surface area contributed by atoms with Crippen molar-refractivity contribution in [3.8, 4) is 5.75 Å². The number of carbonyl (C=O) groups is 1. The lowest BCUT2D eigenvalue weighted by molar-refractivity contribution is -0.384. The highest BCUT2D eigenvalue weighted by molar-refractivity contribution is 5.92. The molecule has 1 N–H and O–H groups in total. The molecular weight excluding hydrogens is 248 g/mol. The highest BCUT2D eigenvalue weighted by atomic mass is 16.6. The Hall–Kier alpha value is -2.37. The SMILES string of the molecule is CC(=O)Nc1cc2c(cc1[N+](=O)[O-])OC(C)(C)C=C2. The van der Waals surface area contributed by atoms with E-state index in [1.807, 2.05) is 26.0 Å². The van der Waals surface area contributed by atoms with Gasteiger partial charge in [0.05, 0.1) is 11.0 Å². The van der Waals surface area contributed by atoms with Gasteiger partial charge in [-0.05, 0) is 26.0 Å². The zero-order chi connectivity index (χ0) is 14.2. The van der Waals surface area contributed by atoms with Gasteiger partial charge in [-0.15, -0.1) is 0 Å². The molecule has 0 fully saturated rings. The molecule has 0 radical (unpaired) electrons. The van der Waals surface area contributed by atoms with Crippen LogP contribution in [0, 0.1) is 10.1 Å². The van der Waals surface area contributed by atoms with E-state index >= 15 is 0 Å². The molecule has 0 saturated heterocycles. The molecule has 1 aromatic rings. The smallest absolute Gasteiger partial charge is 0.296 e. The lowest BCUT2D eigenvalue weighted by atomic mass is 10.0. The van der Waals surface area contributed by atoms with Crippen molar-refractivity contribution in [3.05, 3.63) is 33.9 Å². The second-order valence-corrected chi connectivity index (χ2v) is 4.88. The van der Waals surface area contributed by atoms with Crippen LogP contribution in [-0.4, -0.2) is 16.4 Å². The summed E-state index contributed by atoms with van der Waals surface area (Å²) >= 11 is 0. The van der Waals surface area contributed by atoms with E-state index < -0.39 is 10.5 Å². The largest absolute Gasteiger partial charge is 0.483 e. The first-order chi connectivity index (χ1) is 8.78. The van der Waals surface area contributed by atoms with Crippen molar-refractivity contribution in [1.82, 2.24) is 0 Å². The van der Waals surface area contributed by atoms with Gasteiger partial charge in [-0.3, -0.25) is 14.9 Å². The predicted molar refractivity (Wildman–Crippen MR) is 71.1 cm³/mol. The monoisotopic (exact) mass is 262 g/mol. The van der Waals surface area contributed by atoms with E-state index in [2.05, 4.69) is 5.32 Å². The maximum Gasteiger partial charge on any atom is 0.296 e. The molecule has 0 spiro atoms. The number of nitrogens with zero attached hydrogens (tertiary/aromatic N) is 1. The van der Waals surface area contributed by atoms with Crippen molar-refractivity contribution in [3.63, 3.8) is 0 Å². The van der Waals surface area contributed by atoms with E-state index in [4.69, 9.17) is 4.74 Å². The van der Waals surface area contributed by atoms with E-state index in [9.17, 15) is 14.9 Å². The molecule has 0 unspecified atom stereocenters. The number of rotatable bonds is 2. The van der Waals surface area contributed by atoms with Gasteiger partial charge in [0.1, 0.15) is 17.0 Å². The molecule has 2 rings (SSSR count). The van der Waals surface area contributed by atoms with Gasteiger partial charge in [0.15, 0.2) is 0 Å². The lowest BCUT2D eigenvalue weighted by Crippen LogP contribution is -2.27. The van der Waals surface area contributed by atoms with Crippen molar-refractivity contribution in [2.24, 2.45) is 0 Å². The Morgan fingerprint density at radius 2 is 2.11 bits per heavy atom. The summed E-state index contributed by atoms with van der Waals surface area (Å²) in [5, 5.41) is 13.5. The zero-order valence-electron chi connectivity index (χ0n) is 10.9. The Labute approximate surface area is 110 Å². The number of hydrogen-bond donors (Lipinski definition) is 1. The molecule has 19 heavy (non-hydrogen) atoms. The molecule has 1 heterocycles. The number of nitro benzene ring substituents is 1. The Balaban J connectivity index is 2.53. The second kappa shape index (κ2) is 4.38. The van der Waals surface area contributed by atoms with Crippen molar-refractivity contribution in [2.75, 3.05) is 5.32 Å². The number of hydrogen-bond acceptors (Lipinski definition) is 4. The fourth-order valence-electron chi connectivity index (χ4n) is 1.85.